The standard InChI is InChI=1S/C13H27N3O4S2/c1-20-9-3-11-22(18,19)16-7-5-15(6-8-16)13(17)12(14)4-10-21-2/h12H,3-11,14H2,1-2H3. The van der Waals surface area contributed by atoms with Crippen molar-refractivity contribution in [1.82, 2.24) is 9.21 Å². The van der Waals surface area contributed by atoms with E-state index in [2.05, 4.69) is 0 Å². The molecule has 7 nitrogen and oxygen atoms in total. The first-order valence-electron chi connectivity index (χ1n) is 7.42. The van der Waals surface area contributed by atoms with Crippen molar-refractivity contribution >= 4 is 27.7 Å². The molecule has 1 aliphatic heterocycles. The first-order valence-corrected chi connectivity index (χ1v) is 10.4. The Labute approximate surface area is 137 Å². The summed E-state index contributed by atoms with van der Waals surface area (Å²) in [6, 6.07) is -0.489. The van der Waals surface area contributed by atoms with Gasteiger partial charge in [-0.1, -0.05) is 0 Å². The second-order valence-corrected chi connectivity index (χ2v) is 8.35. The Hall–Kier alpha value is -0.350. The number of nitrogens with zero attached hydrogens (tertiary/aromatic N) is 2. The summed E-state index contributed by atoms with van der Waals surface area (Å²) in [5.74, 6) is 0.855. The number of carbonyl (C=O) groups is 1. The van der Waals surface area contributed by atoms with Gasteiger partial charge < -0.3 is 15.4 Å². The van der Waals surface area contributed by atoms with E-state index in [0.717, 1.165) is 5.75 Å². The van der Waals surface area contributed by atoms with Gasteiger partial charge in [0.15, 0.2) is 0 Å². The van der Waals surface area contributed by atoms with Crippen molar-refractivity contribution in [2.75, 3.05) is 57.7 Å². The minimum absolute atomic E-state index is 0.0783. The summed E-state index contributed by atoms with van der Waals surface area (Å²) in [6.07, 6.45) is 3.11. The molecular formula is C13H27N3O4S2. The van der Waals surface area contributed by atoms with E-state index in [4.69, 9.17) is 10.5 Å². The van der Waals surface area contributed by atoms with Crippen LogP contribution in [0.3, 0.4) is 0 Å². The highest BCUT2D eigenvalue weighted by Gasteiger charge is 2.30. The molecule has 1 unspecified atom stereocenters. The number of carbonyl (C=O) groups excluding carboxylic acids is 1. The molecule has 0 saturated carbocycles. The van der Waals surface area contributed by atoms with Gasteiger partial charge in [-0.3, -0.25) is 4.79 Å². The Balaban J connectivity index is 2.43. The largest absolute Gasteiger partial charge is 0.385 e. The fourth-order valence-electron chi connectivity index (χ4n) is 2.30. The van der Waals surface area contributed by atoms with E-state index in [1.807, 2.05) is 6.26 Å². The Kier molecular flexibility index (Phi) is 8.70. The zero-order valence-corrected chi connectivity index (χ0v) is 15.0. The van der Waals surface area contributed by atoms with E-state index in [-0.39, 0.29) is 11.7 Å². The SMILES string of the molecule is COCCCS(=O)(=O)N1CCN(C(=O)C(N)CCSC)CC1. The third kappa shape index (κ3) is 6.04. The predicted octanol–water partition coefficient (Wildman–Crippen LogP) is -0.423. The lowest BCUT2D eigenvalue weighted by Crippen LogP contribution is -2.54. The fourth-order valence-corrected chi connectivity index (χ4v) is 4.25. The number of hydrogen-bond donors (Lipinski definition) is 1. The Bertz CT molecular complexity index is 437. The molecule has 2 N–H and O–H groups in total. The maximum absolute atomic E-state index is 12.2. The summed E-state index contributed by atoms with van der Waals surface area (Å²) in [6.45, 7) is 1.94. The van der Waals surface area contributed by atoms with Gasteiger partial charge in [-0.15, -0.1) is 0 Å². The highest BCUT2D eigenvalue weighted by Crippen LogP contribution is 2.11. The van der Waals surface area contributed by atoms with Crippen LogP contribution >= 0.6 is 11.8 Å². The molecule has 1 rings (SSSR count). The lowest BCUT2D eigenvalue weighted by atomic mass is 10.2. The highest BCUT2D eigenvalue weighted by molar-refractivity contribution is 7.98. The third-order valence-electron chi connectivity index (χ3n) is 3.64. The number of amides is 1. The van der Waals surface area contributed by atoms with Crippen LogP contribution in [-0.4, -0.2) is 87.2 Å². The summed E-state index contributed by atoms with van der Waals surface area (Å²) < 4.78 is 30.6. The highest BCUT2D eigenvalue weighted by atomic mass is 32.2. The molecule has 1 amide bonds. The molecule has 0 aliphatic carbocycles. The minimum atomic E-state index is -3.26. The van der Waals surface area contributed by atoms with Gasteiger partial charge >= 0.3 is 0 Å². The Morgan fingerprint density at radius 1 is 1.32 bits per heavy atom. The molecule has 0 radical (unpaired) electrons. The first kappa shape index (κ1) is 19.7. The Morgan fingerprint density at radius 3 is 2.50 bits per heavy atom. The van der Waals surface area contributed by atoms with Crippen molar-refractivity contribution in [1.29, 1.82) is 0 Å². The molecule has 9 heteroatoms. The van der Waals surface area contributed by atoms with Crippen LogP contribution in [0.25, 0.3) is 0 Å². The van der Waals surface area contributed by atoms with Crippen LogP contribution in [0.1, 0.15) is 12.8 Å². The average molecular weight is 354 g/mol. The van der Waals surface area contributed by atoms with Crippen LogP contribution in [0.2, 0.25) is 0 Å². The number of methoxy groups -OCH3 is 1. The molecule has 1 saturated heterocycles. The maximum Gasteiger partial charge on any atom is 0.239 e. The van der Waals surface area contributed by atoms with Crippen LogP contribution in [0.5, 0.6) is 0 Å². The van der Waals surface area contributed by atoms with Crippen LogP contribution in [0.4, 0.5) is 0 Å². The lowest BCUT2D eigenvalue weighted by molar-refractivity contribution is -0.133. The normalized spacial score (nSPS) is 18.4. The number of sulfonamides is 1. The predicted molar refractivity (Wildman–Crippen MR) is 89.4 cm³/mol. The third-order valence-corrected chi connectivity index (χ3v) is 6.25. The second kappa shape index (κ2) is 9.71. The van der Waals surface area contributed by atoms with Gasteiger partial charge in [0.05, 0.1) is 11.8 Å². The van der Waals surface area contributed by atoms with Gasteiger partial charge in [0.1, 0.15) is 0 Å². The van der Waals surface area contributed by atoms with E-state index in [9.17, 15) is 13.2 Å². The minimum Gasteiger partial charge on any atom is -0.385 e. The zero-order chi connectivity index (χ0) is 16.6. The number of rotatable bonds is 9. The maximum atomic E-state index is 12.2. The van der Waals surface area contributed by atoms with Gasteiger partial charge in [-0.2, -0.15) is 16.1 Å². The number of thioether (sulfide) groups is 1. The molecule has 1 aliphatic rings. The van der Waals surface area contributed by atoms with Gasteiger partial charge in [0.2, 0.25) is 15.9 Å². The van der Waals surface area contributed by atoms with Crippen molar-refractivity contribution in [3.05, 3.63) is 0 Å². The van der Waals surface area contributed by atoms with E-state index < -0.39 is 16.1 Å². The lowest BCUT2D eigenvalue weighted by Gasteiger charge is -2.35. The van der Waals surface area contributed by atoms with Crippen molar-refractivity contribution < 1.29 is 17.9 Å². The molecule has 1 heterocycles. The van der Waals surface area contributed by atoms with Crippen LogP contribution in [-0.2, 0) is 19.6 Å². The summed E-state index contributed by atoms with van der Waals surface area (Å²) in [4.78, 5) is 13.9. The summed E-state index contributed by atoms with van der Waals surface area (Å²) in [5.41, 5.74) is 5.89. The molecule has 0 aromatic carbocycles. The number of nitrogens with two attached hydrogens (primary N) is 1. The summed E-state index contributed by atoms with van der Waals surface area (Å²) in [5, 5.41) is 0. The van der Waals surface area contributed by atoms with Gasteiger partial charge in [0.25, 0.3) is 0 Å². The van der Waals surface area contributed by atoms with Crippen LogP contribution in [0, 0.1) is 0 Å². The molecule has 0 bridgehead atoms. The number of piperazine rings is 1. The monoisotopic (exact) mass is 353 g/mol. The van der Waals surface area contributed by atoms with E-state index in [0.29, 0.717) is 45.6 Å². The summed E-state index contributed by atoms with van der Waals surface area (Å²) >= 11 is 1.66. The smallest absolute Gasteiger partial charge is 0.239 e. The number of ether oxygens (including phenoxy) is 1. The van der Waals surface area contributed by atoms with Crippen molar-refractivity contribution in [3.63, 3.8) is 0 Å². The molecule has 22 heavy (non-hydrogen) atoms. The topological polar surface area (TPSA) is 92.9 Å². The molecular weight excluding hydrogens is 326 g/mol. The van der Waals surface area contributed by atoms with Gasteiger partial charge in [-0.05, 0) is 24.9 Å². The van der Waals surface area contributed by atoms with E-state index in [1.54, 1.807) is 23.8 Å². The fraction of sp³-hybridized carbons (Fsp3) is 0.923. The quantitative estimate of drug-likeness (QED) is 0.566. The Morgan fingerprint density at radius 2 is 1.95 bits per heavy atom. The van der Waals surface area contributed by atoms with Gasteiger partial charge in [0, 0.05) is 39.9 Å². The molecule has 0 spiro atoms. The first-order chi connectivity index (χ1) is 10.4. The molecule has 1 fully saturated rings. The second-order valence-electron chi connectivity index (χ2n) is 5.27. The average Bonchev–Trinajstić information content (AvgIpc) is 2.52. The van der Waals surface area contributed by atoms with Crippen molar-refractivity contribution in [3.8, 4) is 0 Å². The van der Waals surface area contributed by atoms with Crippen molar-refractivity contribution in [2.45, 2.75) is 18.9 Å². The van der Waals surface area contributed by atoms with E-state index >= 15 is 0 Å². The molecule has 0 aromatic rings. The molecule has 0 aromatic heterocycles. The van der Waals surface area contributed by atoms with Crippen LogP contribution < -0.4 is 5.73 Å². The molecule has 130 valence electrons. The zero-order valence-electron chi connectivity index (χ0n) is 13.4. The van der Waals surface area contributed by atoms with Gasteiger partial charge in [-0.25, -0.2) is 8.42 Å². The van der Waals surface area contributed by atoms with E-state index in [1.165, 1.54) is 4.31 Å². The van der Waals surface area contributed by atoms with Crippen molar-refractivity contribution in [2.24, 2.45) is 5.73 Å². The molecule has 1 atom stereocenters. The summed E-state index contributed by atoms with van der Waals surface area (Å²) in [7, 11) is -1.71. The van der Waals surface area contributed by atoms with Crippen LogP contribution in [0.15, 0.2) is 0 Å². The number of hydrogen-bond acceptors (Lipinski definition) is 6.